The molecule has 0 amide bonds. The quantitative estimate of drug-likeness (QED) is 0.307. The van der Waals surface area contributed by atoms with Crippen LogP contribution >= 0.6 is 0 Å². The molecule has 1 aromatic rings. The lowest BCUT2D eigenvalue weighted by Crippen LogP contribution is -2.19. The Morgan fingerprint density at radius 2 is 0.861 bits per heavy atom. The summed E-state index contributed by atoms with van der Waals surface area (Å²) in [5.74, 6) is 1.15. The molecule has 3 rings (SSSR count). The van der Waals surface area contributed by atoms with Crippen molar-refractivity contribution in [1.82, 2.24) is 0 Å². The molecule has 2 fully saturated rings. The van der Waals surface area contributed by atoms with Crippen molar-refractivity contribution in [3.63, 3.8) is 0 Å². The maximum Gasteiger partial charge on any atom is 0.101 e. The molecule has 2 nitrogen and oxygen atoms in total. The second kappa shape index (κ2) is 16.1. The fourth-order valence-corrected chi connectivity index (χ4v) is 7.19. The number of nitriles is 2. The number of hydrogen-bond acceptors (Lipinski definition) is 2. The Balaban J connectivity index is 2.26. The van der Waals surface area contributed by atoms with Gasteiger partial charge in [0.25, 0.3) is 0 Å². The van der Waals surface area contributed by atoms with Gasteiger partial charge in [-0.3, -0.25) is 0 Å². The molecule has 2 saturated carbocycles. The normalized spacial score (nSPS) is 18.4. The Kier molecular flexibility index (Phi) is 12.9. The van der Waals surface area contributed by atoms with E-state index in [0.717, 1.165) is 36.8 Å². The van der Waals surface area contributed by atoms with Crippen LogP contribution in [0.15, 0.2) is 0 Å². The summed E-state index contributed by atoms with van der Waals surface area (Å²) in [6.45, 7) is 4.52. The lowest BCUT2D eigenvalue weighted by molar-refractivity contribution is 0.430. The Morgan fingerprint density at radius 1 is 0.528 bits per heavy atom. The second-order valence-electron chi connectivity index (χ2n) is 11.8. The van der Waals surface area contributed by atoms with Crippen LogP contribution in [0.25, 0.3) is 0 Å². The Hall–Kier alpha value is -1.80. The average Bonchev–Trinajstić information content (AvgIpc) is 2.84. The molecule has 0 spiro atoms. The summed E-state index contributed by atoms with van der Waals surface area (Å²) in [6, 6.07) is 5.22. The fraction of sp³-hybridized carbons (Fsp3) is 0.765. The van der Waals surface area contributed by atoms with Gasteiger partial charge in [-0.2, -0.15) is 10.5 Å². The molecule has 0 saturated heterocycles. The van der Waals surface area contributed by atoms with Gasteiger partial charge in [-0.05, 0) is 85.5 Å². The lowest BCUT2D eigenvalue weighted by atomic mass is 9.70. The third-order valence-electron chi connectivity index (χ3n) is 9.11. The Bertz CT molecular complexity index is 795. The van der Waals surface area contributed by atoms with Gasteiger partial charge in [0, 0.05) is 0 Å². The molecule has 0 aromatic heterocycles. The van der Waals surface area contributed by atoms with E-state index in [1.807, 2.05) is 0 Å². The van der Waals surface area contributed by atoms with Crippen LogP contribution in [0.5, 0.6) is 0 Å². The highest BCUT2D eigenvalue weighted by Gasteiger charge is 2.31. The van der Waals surface area contributed by atoms with Gasteiger partial charge in [-0.15, -0.1) is 0 Å². The highest BCUT2D eigenvalue weighted by Crippen LogP contribution is 2.46. The van der Waals surface area contributed by atoms with Crippen molar-refractivity contribution in [2.45, 2.75) is 167 Å². The van der Waals surface area contributed by atoms with Crippen LogP contribution in [0, 0.1) is 22.7 Å². The van der Waals surface area contributed by atoms with Gasteiger partial charge < -0.3 is 0 Å². The number of rotatable bonds is 10. The van der Waals surface area contributed by atoms with Crippen molar-refractivity contribution in [2.24, 2.45) is 0 Å². The molecule has 2 heteroatoms. The summed E-state index contributed by atoms with van der Waals surface area (Å²) >= 11 is 0. The zero-order chi connectivity index (χ0) is 25.6. The van der Waals surface area contributed by atoms with Gasteiger partial charge in [0.05, 0.1) is 11.1 Å². The van der Waals surface area contributed by atoms with Crippen molar-refractivity contribution in [1.29, 1.82) is 10.5 Å². The second-order valence-corrected chi connectivity index (χ2v) is 11.8. The van der Waals surface area contributed by atoms with Crippen molar-refractivity contribution < 1.29 is 0 Å². The van der Waals surface area contributed by atoms with Crippen LogP contribution in [0.3, 0.4) is 0 Å². The van der Waals surface area contributed by atoms with E-state index in [9.17, 15) is 10.5 Å². The first kappa shape index (κ1) is 28.8. The summed E-state index contributed by atoms with van der Waals surface area (Å²) in [5.41, 5.74) is 7.27. The summed E-state index contributed by atoms with van der Waals surface area (Å²) < 4.78 is 0. The van der Waals surface area contributed by atoms with Gasteiger partial charge in [0.1, 0.15) is 12.1 Å². The van der Waals surface area contributed by atoms with E-state index in [1.165, 1.54) is 127 Å². The monoisotopic (exact) mass is 488 g/mol. The van der Waals surface area contributed by atoms with Crippen LogP contribution < -0.4 is 0 Å². The minimum atomic E-state index is 0.576. The van der Waals surface area contributed by atoms with Crippen LogP contribution in [-0.4, -0.2) is 0 Å². The molecule has 0 unspecified atom stereocenters. The molecule has 2 aliphatic carbocycles. The SMILES string of the molecule is CCCCCc1c(C#N)c(C#N)c(CCCCC)c(C2CCCCCCC2)c1C1CCCCCCC1. The molecule has 0 heterocycles. The lowest BCUT2D eigenvalue weighted by Gasteiger charge is -2.33. The molecular formula is C34H52N2. The average molecular weight is 489 g/mol. The molecule has 198 valence electrons. The maximum absolute atomic E-state index is 10.5. The Morgan fingerprint density at radius 3 is 1.17 bits per heavy atom. The fourth-order valence-electron chi connectivity index (χ4n) is 7.19. The van der Waals surface area contributed by atoms with Gasteiger partial charge in [0.2, 0.25) is 0 Å². The van der Waals surface area contributed by atoms with Crippen LogP contribution in [0.4, 0.5) is 0 Å². The molecule has 0 atom stereocenters. The standard InChI is InChI=1S/C34H52N2/c1-3-5-13-23-29-31(25-35)32(26-36)30(24-14-6-4-2)34(28-21-17-11-8-12-18-22-28)33(29)27-19-15-9-7-10-16-20-27/h27-28H,3-24H2,1-2H3. The molecular weight excluding hydrogens is 436 g/mol. The van der Waals surface area contributed by atoms with E-state index in [-0.39, 0.29) is 0 Å². The minimum absolute atomic E-state index is 0.576. The largest absolute Gasteiger partial charge is 0.192 e. The highest BCUT2D eigenvalue weighted by atomic mass is 14.4. The smallest absolute Gasteiger partial charge is 0.101 e. The predicted molar refractivity (Wildman–Crippen MR) is 152 cm³/mol. The van der Waals surface area contributed by atoms with Crippen LogP contribution in [0.2, 0.25) is 0 Å². The Labute approximate surface area is 222 Å². The van der Waals surface area contributed by atoms with E-state index in [1.54, 1.807) is 11.1 Å². The predicted octanol–water partition coefficient (Wildman–Crippen LogP) is 10.6. The van der Waals surface area contributed by atoms with E-state index >= 15 is 0 Å². The number of nitrogens with zero attached hydrogens (tertiary/aromatic N) is 2. The molecule has 0 N–H and O–H groups in total. The molecule has 2 aliphatic rings. The summed E-state index contributed by atoms with van der Waals surface area (Å²) in [6.07, 6.45) is 27.5. The first-order valence-corrected chi connectivity index (χ1v) is 15.8. The van der Waals surface area contributed by atoms with E-state index in [2.05, 4.69) is 26.0 Å². The van der Waals surface area contributed by atoms with Crippen molar-refractivity contribution in [2.75, 3.05) is 0 Å². The van der Waals surface area contributed by atoms with Gasteiger partial charge >= 0.3 is 0 Å². The van der Waals surface area contributed by atoms with Crippen molar-refractivity contribution in [3.8, 4) is 12.1 Å². The van der Waals surface area contributed by atoms with Crippen LogP contribution in [-0.2, 0) is 12.8 Å². The number of hydrogen-bond donors (Lipinski definition) is 0. The van der Waals surface area contributed by atoms with Crippen LogP contribution in [0.1, 0.15) is 187 Å². The van der Waals surface area contributed by atoms with Crippen molar-refractivity contribution in [3.05, 3.63) is 33.4 Å². The number of benzene rings is 1. The van der Waals surface area contributed by atoms with E-state index in [4.69, 9.17) is 0 Å². The minimum Gasteiger partial charge on any atom is -0.192 e. The first-order valence-electron chi connectivity index (χ1n) is 15.8. The van der Waals surface area contributed by atoms with E-state index in [0.29, 0.717) is 11.8 Å². The molecule has 1 aromatic carbocycles. The topological polar surface area (TPSA) is 47.6 Å². The summed E-state index contributed by atoms with van der Waals surface area (Å²) in [4.78, 5) is 0. The summed E-state index contributed by atoms with van der Waals surface area (Å²) in [7, 11) is 0. The molecule has 36 heavy (non-hydrogen) atoms. The van der Waals surface area contributed by atoms with E-state index < -0.39 is 0 Å². The van der Waals surface area contributed by atoms with Gasteiger partial charge in [0.15, 0.2) is 0 Å². The summed E-state index contributed by atoms with van der Waals surface area (Å²) in [5, 5.41) is 21.0. The molecule has 0 radical (unpaired) electrons. The third-order valence-corrected chi connectivity index (χ3v) is 9.11. The zero-order valence-electron chi connectivity index (χ0n) is 23.6. The third kappa shape index (κ3) is 7.60. The highest BCUT2D eigenvalue weighted by molar-refractivity contribution is 5.63. The van der Waals surface area contributed by atoms with Crippen molar-refractivity contribution >= 4 is 0 Å². The first-order chi connectivity index (χ1) is 17.8. The number of unbranched alkanes of at least 4 members (excludes halogenated alkanes) is 4. The maximum atomic E-state index is 10.5. The van der Waals surface area contributed by atoms with Gasteiger partial charge in [-0.1, -0.05) is 104 Å². The zero-order valence-corrected chi connectivity index (χ0v) is 23.6. The molecule has 0 aliphatic heterocycles. The van der Waals surface area contributed by atoms with Gasteiger partial charge in [-0.25, -0.2) is 0 Å². The molecule has 0 bridgehead atoms.